The average Bonchev–Trinajstić information content (AvgIpc) is 3.04. The first kappa shape index (κ1) is 32.6. The zero-order chi connectivity index (χ0) is 32.8. The fourth-order valence-corrected chi connectivity index (χ4v) is 5.85. The van der Waals surface area contributed by atoms with Crippen molar-refractivity contribution in [2.24, 2.45) is 15.9 Å². The molecule has 0 aliphatic heterocycles. The van der Waals surface area contributed by atoms with Crippen molar-refractivity contribution in [2.75, 3.05) is 5.32 Å². The number of aliphatic imine (C=N–C) groups is 2. The molecule has 46 heavy (non-hydrogen) atoms. The zero-order valence-corrected chi connectivity index (χ0v) is 27.9. The molecule has 2 aromatic carbocycles. The van der Waals surface area contributed by atoms with E-state index in [0.29, 0.717) is 23.8 Å². The van der Waals surface area contributed by atoms with Crippen molar-refractivity contribution in [3.8, 4) is 5.69 Å². The Balaban J connectivity index is 1.61. The maximum Gasteiger partial charge on any atom is 0.359 e. The van der Waals surface area contributed by atoms with E-state index in [0.717, 1.165) is 55.9 Å². The third kappa shape index (κ3) is 7.21. The van der Waals surface area contributed by atoms with Crippen molar-refractivity contribution in [2.45, 2.75) is 59.7 Å². The number of hydrogen-bond acceptors (Lipinski definition) is 7. The van der Waals surface area contributed by atoms with Crippen LogP contribution in [0, 0.1) is 5.92 Å². The van der Waals surface area contributed by atoms with Gasteiger partial charge in [0.2, 0.25) is 5.95 Å². The number of nitrogens with one attached hydrogen (secondary N) is 1. The number of nitrogens with zero attached hydrogens (tertiary/aromatic N) is 6. The molecule has 1 aliphatic rings. The summed E-state index contributed by atoms with van der Waals surface area (Å²) in [5.74, 6) is 0.686. The monoisotopic (exact) mass is 633 g/mol. The molecule has 5 rings (SSSR count). The fraction of sp³-hybridized carbons (Fsp3) is 0.278. The van der Waals surface area contributed by atoms with Crippen molar-refractivity contribution in [1.82, 2.24) is 19.1 Å². The predicted octanol–water partition coefficient (Wildman–Crippen LogP) is 5.77. The molecule has 0 fully saturated rings. The van der Waals surface area contributed by atoms with E-state index in [-0.39, 0.29) is 18.5 Å². The Morgan fingerprint density at radius 3 is 2.65 bits per heavy atom. The number of fused-ring (bicyclic) bond motifs is 1. The van der Waals surface area contributed by atoms with Crippen LogP contribution >= 0.6 is 9.24 Å². The van der Waals surface area contributed by atoms with Gasteiger partial charge >= 0.3 is 11.4 Å². The van der Waals surface area contributed by atoms with Crippen LogP contribution in [0.3, 0.4) is 0 Å². The van der Waals surface area contributed by atoms with E-state index in [4.69, 9.17) is 4.99 Å². The lowest BCUT2D eigenvalue weighted by molar-refractivity contribution is 0.488. The molecule has 2 atom stereocenters. The van der Waals surface area contributed by atoms with Crippen LogP contribution in [-0.4, -0.2) is 37.6 Å². The molecule has 236 valence electrons. The minimum atomic E-state index is -0.702. The number of aromatic nitrogens is 4. The van der Waals surface area contributed by atoms with Crippen molar-refractivity contribution >= 4 is 43.7 Å². The molecule has 0 radical (unpaired) electrons. The molecule has 1 aliphatic carbocycles. The highest BCUT2D eigenvalue weighted by molar-refractivity contribution is 7.27. The third-order valence-electron chi connectivity index (χ3n) is 7.92. The van der Waals surface area contributed by atoms with Gasteiger partial charge in [-0.05, 0) is 72.6 Å². The van der Waals surface area contributed by atoms with E-state index in [9.17, 15) is 9.59 Å². The first-order chi connectivity index (χ1) is 22.2. The lowest BCUT2D eigenvalue weighted by Gasteiger charge is -2.20. The molecule has 0 saturated carbocycles. The summed E-state index contributed by atoms with van der Waals surface area (Å²) in [5.41, 5.74) is 3.51. The Bertz CT molecular complexity index is 2010. The Morgan fingerprint density at radius 2 is 1.91 bits per heavy atom. The molecule has 2 heterocycles. The fourth-order valence-electron chi connectivity index (χ4n) is 5.58. The molecule has 0 amide bonds. The summed E-state index contributed by atoms with van der Waals surface area (Å²) in [6, 6.07) is 13.6. The Kier molecular flexibility index (Phi) is 10.3. The second-order valence-electron chi connectivity index (χ2n) is 11.7. The molecule has 10 heteroatoms. The van der Waals surface area contributed by atoms with E-state index in [1.165, 1.54) is 10.8 Å². The summed E-state index contributed by atoms with van der Waals surface area (Å²) in [6.07, 6.45) is 13.1. The maximum absolute atomic E-state index is 14.3. The Morgan fingerprint density at radius 1 is 1.11 bits per heavy atom. The van der Waals surface area contributed by atoms with Crippen molar-refractivity contribution < 1.29 is 0 Å². The highest BCUT2D eigenvalue weighted by atomic mass is 31.0. The highest BCUT2D eigenvalue weighted by Crippen LogP contribution is 2.22. The number of hydrogen-bond donors (Lipinski definition) is 1. The van der Waals surface area contributed by atoms with Gasteiger partial charge in [-0.25, -0.2) is 14.2 Å². The van der Waals surface area contributed by atoms with Crippen molar-refractivity contribution in [3.05, 3.63) is 123 Å². The zero-order valence-electron chi connectivity index (χ0n) is 26.8. The van der Waals surface area contributed by atoms with Gasteiger partial charge < -0.3 is 5.32 Å². The minimum Gasteiger partial charge on any atom is -0.325 e. The summed E-state index contributed by atoms with van der Waals surface area (Å²) in [4.78, 5) is 45.7. The predicted molar refractivity (Wildman–Crippen MR) is 193 cm³/mol. The molecule has 1 N–H and O–H groups in total. The topological polar surface area (TPSA) is 107 Å². The number of benzene rings is 2. The highest BCUT2D eigenvalue weighted by Gasteiger charge is 2.19. The number of allylic oxidation sites excluding steroid dienone is 5. The van der Waals surface area contributed by atoms with Crippen LogP contribution in [0.2, 0.25) is 0 Å². The molecular formula is C36H40N7O2P. The van der Waals surface area contributed by atoms with Gasteiger partial charge in [-0.1, -0.05) is 69.3 Å². The lowest BCUT2D eigenvalue weighted by atomic mass is 9.99. The number of pyridine rings is 1. The second-order valence-corrected chi connectivity index (χ2v) is 12.3. The Labute approximate surface area is 271 Å². The molecular weight excluding hydrogens is 593 g/mol. The molecule has 9 nitrogen and oxygen atoms in total. The van der Waals surface area contributed by atoms with Crippen LogP contribution in [0.1, 0.15) is 51.7 Å². The summed E-state index contributed by atoms with van der Waals surface area (Å²) >= 11 is 0. The molecule has 0 spiro atoms. The van der Waals surface area contributed by atoms with Gasteiger partial charge in [-0.3, -0.25) is 19.5 Å². The van der Waals surface area contributed by atoms with Gasteiger partial charge in [0.1, 0.15) is 0 Å². The molecule has 4 aromatic rings. The van der Waals surface area contributed by atoms with Crippen LogP contribution in [0.5, 0.6) is 0 Å². The van der Waals surface area contributed by atoms with Crippen LogP contribution in [0.25, 0.3) is 16.5 Å². The summed E-state index contributed by atoms with van der Waals surface area (Å²) in [7, 11) is 2.71. The van der Waals surface area contributed by atoms with Gasteiger partial charge in [0, 0.05) is 22.7 Å². The molecule has 0 saturated heterocycles. The van der Waals surface area contributed by atoms with Gasteiger partial charge in [-0.2, -0.15) is 4.98 Å². The van der Waals surface area contributed by atoms with E-state index >= 15 is 0 Å². The van der Waals surface area contributed by atoms with Gasteiger partial charge in [0.05, 0.1) is 36.7 Å². The smallest absolute Gasteiger partial charge is 0.325 e. The van der Waals surface area contributed by atoms with E-state index in [2.05, 4.69) is 57.0 Å². The summed E-state index contributed by atoms with van der Waals surface area (Å²) in [6.45, 7) is 12.8. The standard InChI is InChI=1S/C36H40N7O2P/c1-6-25-18-29(13-14-31(25)39-28(7-2)16-23(3)4)40-34-41-35(44)43(32-21-38-20-26-10-8-9-11-30(26)32)36(45)42(34)22-24-12-15-33(46)27(17-24)19-37-5/h6,8-15,17-18,20-21,23,28H,5,7,16,19,22,46H2,1-4H3,(H,40,41,44)/b25-6-,39-31?. The van der Waals surface area contributed by atoms with Gasteiger partial charge in [-0.15, -0.1) is 9.24 Å². The summed E-state index contributed by atoms with van der Waals surface area (Å²) < 4.78 is 2.57. The van der Waals surface area contributed by atoms with Crippen LogP contribution in [-0.2, 0) is 13.1 Å². The Hall–Kier alpha value is -4.75. The lowest BCUT2D eigenvalue weighted by Crippen LogP contribution is -2.42. The second kappa shape index (κ2) is 14.6. The van der Waals surface area contributed by atoms with E-state index in [1.54, 1.807) is 6.20 Å². The number of anilines is 1. The van der Waals surface area contributed by atoms with Gasteiger partial charge in [0.25, 0.3) is 0 Å². The number of rotatable bonds is 11. The molecule has 2 unspecified atom stereocenters. The van der Waals surface area contributed by atoms with Gasteiger partial charge in [0.15, 0.2) is 0 Å². The van der Waals surface area contributed by atoms with Crippen LogP contribution < -0.4 is 22.0 Å². The molecule has 2 aromatic heterocycles. The third-order valence-corrected chi connectivity index (χ3v) is 8.48. The molecule has 0 bridgehead atoms. The summed E-state index contributed by atoms with van der Waals surface area (Å²) in [5, 5.41) is 5.81. The quantitative estimate of drug-likeness (QED) is 0.167. The maximum atomic E-state index is 14.3. The minimum absolute atomic E-state index is 0.135. The van der Waals surface area contributed by atoms with Crippen LogP contribution in [0.4, 0.5) is 5.95 Å². The average molecular weight is 634 g/mol. The normalized spacial score (nSPS) is 15.5. The SMILES string of the molecule is C=NCc1cc(Cn2c(NC3=C/C(=C/C)C(=NC(CC)CC(C)C)C=C3)nc(=O)n(-c3cncc4ccccc34)c2=O)ccc1P. The van der Waals surface area contributed by atoms with Crippen molar-refractivity contribution in [1.29, 1.82) is 0 Å². The van der Waals surface area contributed by atoms with E-state index in [1.807, 2.05) is 73.7 Å². The van der Waals surface area contributed by atoms with Crippen molar-refractivity contribution in [3.63, 3.8) is 0 Å². The largest absolute Gasteiger partial charge is 0.359 e. The van der Waals surface area contributed by atoms with Crippen LogP contribution in [0.15, 0.2) is 110 Å². The first-order valence-electron chi connectivity index (χ1n) is 15.5. The van der Waals surface area contributed by atoms with E-state index < -0.39 is 11.4 Å². The first-order valence-corrected chi connectivity index (χ1v) is 16.1.